The molecule has 0 bridgehead atoms. The summed E-state index contributed by atoms with van der Waals surface area (Å²) >= 11 is 0. The molecule has 140 valence electrons. The van der Waals surface area contributed by atoms with Crippen LogP contribution >= 0.6 is 0 Å². The van der Waals surface area contributed by atoms with E-state index in [4.69, 9.17) is 14.0 Å². The summed E-state index contributed by atoms with van der Waals surface area (Å²) < 4.78 is 67.9. The van der Waals surface area contributed by atoms with Gasteiger partial charge in [0.05, 0.1) is 19.6 Å². The number of hydrogen-bond acceptors (Lipinski definition) is 6. The number of esters is 1. The third-order valence-corrected chi connectivity index (χ3v) is 4.32. The zero-order valence-electron chi connectivity index (χ0n) is 13.4. The van der Waals surface area contributed by atoms with Gasteiger partial charge in [0.15, 0.2) is 0 Å². The van der Waals surface area contributed by atoms with Crippen LogP contribution in [-0.4, -0.2) is 68.5 Å². The molecule has 1 aromatic carbocycles. The van der Waals surface area contributed by atoms with Crippen molar-refractivity contribution in [2.45, 2.75) is 12.5 Å². The Hall–Kier alpha value is -1.62. The SMILES string of the molecule is O=C(Cc1cc(F)cc(F)c1)OC(CN1CCOCC1)CS(=O)(=O)O. The van der Waals surface area contributed by atoms with Crippen molar-refractivity contribution in [3.63, 3.8) is 0 Å². The molecule has 1 aliphatic rings. The molecule has 0 spiro atoms. The van der Waals surface area contributed by atoms with Crippen molar-refractivity contribution in [2.24, 2.45) is 0 Å². The maximum absolute atomic E-state index is 13.1. The zero-order chi connectivity index (χ0) is 18.4. The van der Waals surface area contributed by atoms with E-state index in [1.54, 1.807) is 0 Å². The summed E-state index contributed by atoms with van der Waals surface area (Å²) in [6, 6.07) is 2.66. The Balaban J connectivity index is 1.99. The molecule has 1 N–H and O–H groups in total. The van der Waals surface area contributed by atoms with Crippen LogP contribution in [0.4, 0.5) is 8.78 Å². The van der Waals surface area contributed by atoms with Gasteiger partial charge in [-0.15, -0.1) is 0 Å². The molecule has 2 rings (SSSR count). The first-order chi connectivity index (χ1) is 11.7. The Morgan fingerprint density at radius 2 is 1.84 bits per heavy atom. The summed E-state index contributed by atoms with van der Waals surface area (Å²) in [5.41, 5.74) is 0.0690. The van der Waals surface area contributed by atoms with Crippen LogP contribution in [0.2, 0.25) is 0 Å². The van der Waals surface area contributed by atoms with Crippen molar-refractivity contribution in [2.75, 3.05) is 38.6 Å². The van der Waals surface area contributed by atoms with Crippen molar-refractivity contribution in [1.29, 1.82) is 0 Å². The normalized spacial score (nSPS) is 17.2. The van der Waals surface area contributed by atoms with Gasteiger partial charge in [-0.2, -0.15) is 8.42 Å². The lowest BCUT2D eigenvalue weighted by atomic mass is 10.1. The van der Waals surface area contributed by atoms with Gasteiger partial charge in [0.25, 0.3) is 10.1 Å². The van der Waals surface area contributed by atoms with Gasteiger partial charge in [0, 0.05) is 25.7 Å². The molecule has 1 unspecified atom stereocenters. The number of rotatable bonds is 7. The molecule has 0 aliphatic carbocycles. The summed E-state index contributed by atoms with van der Waals surface area (Å²) in [5, 5.41) is 0. The predicted molar refractivity (Wildman–Crippen MR) is 83.6 cm³/mol. The highest BCUT2D eigenvalue weighted by Crippen LogP contribution is 2.11. The van der Waals surface area contributed by atoms with Crippen molar-refractivity contribution < 1.29 is 36.0 Å². The van der Waals surface area contributed by atoms with Crippen molar-refractivity contribution in [1.82, 2.24) is 4.90 Å². The molecular formula is C15H19F2NO6S. The maximum Gasteiger partial charge on any atom is 0.310 e. The van der Waals surface area contributed by atoms with Crippen LogP contribution in [0.15, 0.2) is 18.2 Å². The fourth-order valence-electron chi connectivity index (χ4n) is 2.54. The average Bonchev–Trinajstić information content (AvgIpc) is 2.44. The third-order valence-electron chi connectivity index (χ3n) is 3.53. The first-order valence-electron chi connectivity index (χ1n) is 7.61. The average molecular weight is 379 g/mol. The first-order valence-corrected chi connectivity index (χ1v) is 9.22. The van der Waals surface area contributed by atoms with Crippen LogP contribution in [0.1, 0.15) is 5.56 Å². The summed E-state index contributed by atoms with van der Waals surface area (Å²) in [4.78, 5) is 13.8. The van der Waals surface area contributed by atoms with Gasteiger partial charge in [-0.1, -0.05) is 0 Å². The molecule has 7 nitrogen and oxygen atoms in total. The summed E-state index contributed by atoms with van der Waals surface area (Å²) in [7, 11) is -4.36. The standard InChI is InChI=1S/C15H19F2NO6S/c16-12-5-11(6-13(17)8-12)7-15(19)24-14(10-25(20,21)22)9-18-1-3-23-4-2-18/h5-6,8,14H,1-4,7,9-10H2,(H,20,21,22). The minimum absolute atomic E-state index is 0.0690. The number of morpholine rings is 1. The van der Waals surface area contributed by atoms with Gasteiger partial charge in [0.1, 0.15) is 23.5 Å². The third kappa shape index (κ3) is 7.43. The minimum atomic E-state index is -4.36. The topological polar surface area (TPSA) is 93.1 Å². The van der Waals surface area contributed by atoms with E-state index in [0.29, 0.717) is 32.4 Å². The van der Waals surface area contributed by atoms with Gasteiger partial charge >= 0.3 is 5.97 Å². The summed E-state index contributed by atoms with van der Waals surface area (Å²) in [6.07, 6.45) is -1.52. The van der Waals surface area contributed by atoms with Crippen LogP contribution in [0.5, 0.6) is 0 Å². The summed E-state index contributed by atoms with van der Waals surface area (Å²) in [5.74, 6) is -3.25. The Morgan fingerprint density at radius 1 is 1.24 bits per heavy atom. The fraction of sp³-hybridized carbons (Fsp3) is 0.533. The second-order valence-corrected chi connectivity index (χ2v) is 7.23. The fourth-order valence-corrected chi connectivity index (χ4v) is 3.18. The number of hydrogen-bond donors (Lipinski definition) is 1. The van der Waals surface area contributed by atoms with E-state index < -0.39 is 46.0 Å². The largest absolute Gasteiger partial charge is 0.460 e. The van der Waals surface area contributed by atoms with E-state index in [1.165, 1.54) is 0 Å². The lowest BCUT2D eigenvalue weighted by Gasteiger charge is -2.29. The van der Waals surface area contributed by atoms with E-state index in [0.717, 1.165) is 12.1 Å². The number of carbonyl (C=O) groups is 1. The van der Waals surface area contributed by atoms with Crippen LogP contribution in [0.3, 0.4) is 0 Å². The van der Waals surface area contributed by atoms with Crippen molar-refractivity contribution >= 4 is 16.1 Å². The Morgan fingerprint density at radius 3 is 2.40 bits per heavy atom. The zero-order valence-corrected chi connectivity index (χ0v) is 14.2. The smallest absolute Gasteiger partial charge is 0.310 e. The van der Waals surface area contributed by atoms with E-state index in [9.17, 15) is 22.0 Å². The highest BCUT2D eigenvalue weighted by atomic mass is 32.2. The first kappa shape index (κ1) is 19.7. The number of carbonyl (C=O) groups excluding carboxylic acids is 1. The van der Waals surface area contributed by atoms with Crippen molar-refractivity contribution in [3.05, 3.63) is 35.4 Å². The molecule has 0 radical (unpaired) electrons. The van der Waals surface area contributed by atoms with E-state index in [2.05, 4.69) is 0 Å². The molecule has 0 saturated carbocycles. The van der Waals surface area contributed by atoms with Gasteiger partial charge < -0.3 is 9.47 Å². The molecule has 1 aliphatic heterocycles. The van der Waals surface area contributed by atoms with Crippen LogP contribution < -0.4 is 0 Å². The van der Waals surface area contributed by atoms with Crippen LogP contribution in [0.25, 0.3) is 0 Å². The maximum atomic E-state index is 13.1. The van der Waals surface area contributed by atoms with Crippen molar-refractivity contribution in [3.8, 4) is 0 Å². The second kappa shape index (κ2) is 8.65. The molecule has 1 heterocycles. The molecule has 0 amide bonds. The van der Waals surface area contributed by atoms with E-state index in [1.807, 2.05) is 4.90 Å². The minimum Gasteiger partial charge on any atom is -0.460 e. The van der Waals surface area contributed by atoms with Gasteiger partial charge in [-0.05, 0) is 17.7 Å². The number of nitrogens with zero attached hydrogens (tertiary/aromatic N) is 1. The predicted octanol–water partition coefficient (Wildman–Crippen LogP) is 0.639. The monoisotopic (exact) mass is 379 g/mol. The molecule has 1 aromatic rings. The van der Waals surface area contributed by atoms with Gasteiger partial charge in [-0.3, -0.25) is 14.2 Å². The molecule has 1 fully saturated rings. The van der Waals surface area contributed by atoms with Crippen LogP contribution in [0, 0.1) is 11.6 Å². The van der Waals surface area contributed by atoms with Crippen LogP contribution in [-0.2, 0) is 30.8 Å². The van der Waals surface area contributed by atoms with Gasteiger partial charge in [-0.25, -0.2) is 8.78 Å². The highest BCUT2D eigenvalue weighted by molar-refractivity contribution is 7.85. The Kier molecular flexibility index (Phi) is 6.82. The lowest BCUT2D eigenvalue weighted by Crippen LogP contribution is -2.44. The highest BCUT2D eigenvalue weighted by Gasteiger charge is 2.25. The Bertz CT molecular complexity index is 686. The van der Waals surface area contributed by atoms with E-state index in [-0.39, 0.29) is 12.1 Å². The molecule has 25 heavy (non-hydrogen) atoms. The number of benzene rings is 1. The molecule has 0 aromatic heterocycles. The molecule has 1 atom stereocenters. The van der Waals surface area contributed by atoms with E-state index >= 15 is 0 Å². The molecule has 10 heteroatoms. The quantitative estimate of drug-likeness (QED) is 0.549. The number of ether oxygens (including phenoxy) is 2. The van der Waals surface area contributed by atoms with Gasteiger partial charge in [0.2, 0.25) is 0 Å². The number of halogens is 2. The summed E-state index contributed by atoms with van der Waals surface area (Å²) in [6.45, 7) is 2.11. The second-order valence-electron chi connectivity index (χ2n) is 5.73. The Labute approximate surface area is 144 Å². The molecule has 1 saturated heterocycles. The molecular weight excluding hydrogens is 360 g/mol. The lowest BCUT2D eigenvalue weighted by molar-refractivity contribution is -0.148.